The van der Waals surface area contributed by atoms with Crippen LogP contribution in [-0.4, -0.2) is 52.2 Å². The van der Waals surface area contributed by atoms with Crippen molar-refractivity contribution in [3.8, 4) is 0 Å². The first-order chi connectivity index (χ1) is 16.5. The molecule has 1 N–H and O–H groups in total. The number of hydrogen-bond acceptors (Lipinski definition) is 6. The number of piperidine rings is 1. The van der Waals surface area contributed by atoms with Gasteiger partial charge in [0.15, 0.2) is 6.10 Å². The predicted molar refractivity (Wildman–Crippen MR) is 122 cm³/mol. The molecule has 34 heavy (non-hydrogen) atoms. The van der Waals surface area contributed by atoms with Gasteiger partial charge in [-0.05, 0) is 48.6 Å². The largest absolute Gasteiger partial charge is 0.456 e. The molecule has 0 radical (unpaired) electrons. The van der Waals surface area contributed by atoms with Crippen molar-refractivity contribution in [1.82, 2.24) is 14.9 Å². The van der Waals surface area contributed by atoms with Gasteiger partial charge in [0.1, 0.15) is 11.3 Å². The lowest BCUT2D eigenvalue weighted by atomic mass is 10.0. The lowest BCUT2D eigenvalue weighted by molar-refractivity contribution is -0.134. The summed E-state index contributed by atoms with van der Waals surface area (Å²) < 4.78 is 18.1. The Balaban J connectivity index is 1.53. The van der Waals surface area contributed by atoms with Gasteiger partial charge in [-0.25, -0.2) is 4.39 Å². The predicted octanol–water partition coefficient (Wildman–Crippen LogP) is 2.78. The number of nitrogens with one attached hydrogen (secondary N) is 1. The highest BCUT2D eigenvalue weighted by Gasteiger charge is 2.27. The summed E-state index contributed by atoms with van der Waals surface area (Å²) in [5.41, 5.74) is 1.50. The van der Waals surface area contributed by atoms with Gasteiger partial charge >= 0.3 is 0 Å². The number of pyridine rings is 2. The molecule has 0 spiro atoms. The summed E-state index contributed by atoms with van der Waals surface area (Å²) in [5, 5.41) is 0. The summed E-state index contributed by atoms with van der Waals surface area (Å²) in [6, 6.07) is 7.86. The first kappa shape index (κ1) is 23.3. The number of carbonyl (C=O) groups is 3. The Labute approximate surface area is 194 Å². The fourth-order valence-corrected chi connectivity index (χ4v) is 4.13. The minimum Gasteiger partial charge on any atom is -0.456 e. The van der Waals surface area contributed by atoms with Gasteiger partial charge in [0, 0.05) is 38.3 Å². The molecule has 1 atom stereocenters. The number of likely N-dealkylation sites (tertiary alicyclic amines) is 1. The molecule has 1 aliphatic rings. The molecule has 1 aliphatic heterocycles. The highest BCUT2D eigenvalue weighted by Crippen LogP contribution is 2.16. The molecule has 0 aliphatic carbocycles. The van der Waals surface area contributed by atoms with Gasteiger partial charge in [-0.15, -0.1) is 0 Å². The van der Waals surface area contributed by atoms with Crippen molar-refractivity contribution in [3.05, 3.63) is 75.5 Å². The number of halogens is 1. The van der Waals surface area contributed by atoms with Crippen LogP contribution in [0.2, 0.25) is 0 Å². The second kappa shape index (κ2) is 10.4. The average molecular weight is 465 g/mol. The van der Waals surface area contributed by atoms with Gasteiger partial charge in [-0.1, -0.05) is 12.1 Å². The number of Topliss-reactive ketones (excluding diaryl/α,β-unsaturated/α-hetero) is 1. The molecule has 3 heterocycles. The molecule has 2 aromatic heterocycles. The summed E-state index contributed by atoms with van der Waals surface area (Å²) in [5.74, 6) is -0.953. The molecule has 4 rings (SSSR count). The molecule has 1 saturated heterocycles. The molecular weight excluding hydrogens is 441 g/mol. The van der Waals surface area contributed by atoms with Crippen molar-refractivity contribution in [2.75, 3.05) is 13.1 Å². The zero-order chi connectivity index (χ0) is 24.1. The van der Waals surface area contributed by atoms with E-state index in [-0.39, 0.29) is 42.2 Å². The van der Waals surface area contributed by atoms with Crippen molar-refractivity contribution in [2.45, 2.75) is 38.2 Å². The third-order valence-electron chi connectivity index (χ3n) is 5.96. The Hall–Kier alpha value is -3.88. The number of aromatic nitrogens is 2. The van der Waals surface area contributed by atoms with E-state index in [0.717, 1.165) is 24.0 Å². The van der Waals surface area contributed by atoms with E-state index in [1.165, 1.54) is 24.5 Å². The highest BCUT2D eigenvalue weighted by molar-refractivity contribution is 6.01. The highest BCUT2D eigenvalue weighted by atomic mass is 19.1. The average Bonchev–Trinajstić information content (AvgIpc) is 2.84. The number of nitrogens with zero attached hydrogens (tertiary/aromatic N) is 2. The van der Waals surface area contributed by atoms with Gasteiger partial charge in [-0.3, -0.25) is 24.2 Å². The van der Waals surface area contributed by atoms with Crippen LogP contribution in [0.5, 0.6) is 0 Å². The van der Waals surface area contributed by atoms with Crippen LogP contribution >= 0.6 is 0 Å². The van der Waals surface area contributed by atoms with Crippen molar-refractivity contribution in [1.29, 1.82) is 0 Å². The number of benzene rings is 1. The van der Waals surface area contributed by atoms with Crippen LogP contribution in [0, 0.1) is 5.82 Å². The second-order valence-corrected chi connectivity index (χ2v) is 8.29. The molecule has 8 nitrogen and oxygen atoms in total. The number of rotatable bonds is 9. The van der Waals surface area contributed by atoms with Gasteiger partial charge in [-0.2, -0.15) is 0 Å². The number of amides is 1. The summed E-state index contributed by atoms with van der Waals surface area (Å²) >= 11 is 0. The number of fused-ring (bicyclic) bond motifs is 1. The summed E-state index contributed by atoms with van der Waals surface area (Å²) in [6.07, 6.45) is 4.45. The molecule has 1 fully saturated rings. The second-order valence-electron chi connectivity index (χ2n) is 8.29. The minimum absolute atomic E-state index is 0.00717. The van der Waals surface area contributed by atoms with Crippen LogP contribution in [0.1, 0.15) is 47.2 Å². The van der Waals surface area contributed by atoms with Crippen molar-refractivity contribution < 1.29 is 23.5 Å². The zero-order valence-electron chi connectivity index (χ0n) is 18.5. The molecular formula is C25H24FN3O5. The molecule has 9 heteroatoms. The molecule has 1 amide bonds. The van der Waals surface area contributed by atoms with Gasteiger partial charge in [0.05, 0.1) is 11.1 Å². The summed E-state index contributed by atoms with van der Waals surface area (Å²) in [4.78, 5) is 57.8. The number of carbonyl (C=O) groups excluding carboxylic acids is 3. The van der Waals surface area contributed by atoms with Crippen LogP contribution in [-0.2, 0) is 20.7 Å². The van der Waals surface area contributed by atoms with Crippen LogP contribution in [0.15, 0.2) is 47.5 Å². The normalized spacial score (nSPS) is 14.7. The van der Waals surface area contributed by atoms with Gasteiger partial charge < -0.3 is 14.6 Å². The topological polar surface area (TPSA) is 109 Å². The Kier molecular flexibility index (Phi) is 7.10. The van der Waals surface area contributed by atoms with Gasteiger partial charge in [0.25, 0.3) is 6.47 Å². The monoisotopic (exact) mass is 465 g/mol. The van der Waals surface area contributed by atoms with Crippen LogP contribution < -0.4 is 5.43 Å². The summed E-state index contributed by atoms with van der Waals surface area (Å²) in [7, 11) is 0. The van der Waals surface area contributed by atoms with E-state index < -0.39 is 17.3 Å². The Morgan fingerprint density at radius 3 is 2.74 bits per heavy atom. The van der Waals surface area contributed by atoms with E-state index in [9.17, 15) is 23.6 Å². The Morgan fingerprint density at radius 1 is 1.21 bits per heavy atom. The molecule has 0 saturated carbocycles. The number of ether oxygens (including phenoxy) is 1. The van der Waals surface area contributed by atoms with Crippen molar-refractivity contribution in [2.24, 2.45) is 0 Å². The number of H-pyrrole nitrogens is 1. The fourth-order valence-electron chi connectivity index (χ4n) is 4.13. The lowest BCUT2D eigenvalue weighted by Gasteiger charge is -2.27. The van der Waals surface area contributed by atoms with E-state index in [1.54, 1.807) is 23.1 Å². The van der Waals surface area contributed by atoms with E-state index in [0.29, 0.717) is 24.9 Å². The standard InChI is InChI=1S/C25H24FN3O5/c26-18-6-4-16(5-7-18)11-17-12-20-23(28-13-17)25(33)19(14-27-20)24(32)21(34-15-30)8-10-29-9-2-1-3-22(29)31/h4-7,12-15,21H,1-3,8-11H2,(H,27,33). The van der Waals surface area contributed by atoms with Crippen molar-refractivity contribution in [3.63, 3.8) is 0 Å². The minimum atomic E-state index is -1.18. The van der Waals surface area contributed by atoms with Crippen LogP contribution in [0.3, 0.4) is 0 Å². The molecule has 3 aromatic rings. The number of ketones is 1. The number of aromatic amines is 1. The third-order valence-corrected chi connectivity index (χ3v) is 5.96. The van der Waals surface area contributed by atoms with E-state index in [1.807, 2.05) is 0 Å². The van der Waals surface area contributed by atoms with Crippen LogP contribution in [0.4, 0.5) is 4.39 Å². The first-order valence-corrected chi connectivity index (χ1v) is 11.1. The quantitative estimate of drug-likeness (QED) is 0.384. The van der Waals surface area contributed by atoms with E-state index >= 15 is 0 Å². The lowest BCUT2D eigenvalue weighted by Crippen LogP contribution is -2.39. The van der Waals surface area contributed by atoms with Gasteiger partial charge in [0.2, 0.25) is 17.1 Å². The number of hydrogen-bond donors (Lipinski definition) is 1. The Bertz CT molecular complexity index is 1270. The SMILES string of the molecule is O=COC(CCN1CCCCC1=O)C(=O)c1c[nH]c2cc(Cc3ccc(F)cc3)cnc2c1=O. The van der Waals surface area contributed by atoms with Crippen molar-refractivity contribution >= 4 is 29.2 Å². The Morgan fingerprint density at radius 2 is 2.00 bits per heavy atom. The zero-order valence-corrected chi connectivity index (χ0v) is 18.5. The summed E-state index contributed by atoms with van der Waals surface area (Å²) in [6.45, 7) is 1.04. The third kappa shape index (κ3) is 5.19. The van der Waals surface area contributed by atoms with E-state index in [4.69, 9.17) is 4.74 Å². The maximum absolute atomic E-state index is 13.1. The van der Waals surface area contributed by atoms with E-state index in [2.05, 4.69) is 9.97 Å². The smallest absolute Gasteiger partial charge is 0.293 e. The maximum Gasteiger partial charge on any atom is 0.293 e. The first-order valence-electron chi connectivity index (χ1n) is 11.1. The van der Waals surface area contributed by atoms with Crippen LogP contribution in [0.25, 0.3) is 11.0 Å². The maximum atomic E-state index is 13.1. The molecule has 1 unspecified atom stereocenters. The molecule has 176 valence electrons. The molecule has 0 bridgehead atoms. The fraction of sp³-hybridized carbons (Fsp3) is 0.320. The molecule has 1 aromatic carbocycles.